The van der Waals surface area contributed by atoms with Crippen LogP contribution in [0.15, 0.2) is 24.3 Å². The fourth-order valence-corrected chi connectivity index (χ4v) is 2.36. The summed E-state index contributed by atoms with van der Waals surface area (Å²) in [4.78, 5) is 2.47. The van der Waals surface area contributed by atoms with Gasteiger partial charge in [0.1, 0.15) is 5.82 Å². The molecule has 3 heteroatoms. The third-order valence-electron chi connectivity index (χ3n) is 3.21. The third-order valence-corrected chi connectivity index (χ3v) is 3.21. The van der Waals surface area contributed by atoms with Gasteiger partial charge in [0.25, 0.3) is 0 Å². The van der Waals surface area contributed by atoms with Crippen LogP contribution in [-0.2, 0) is 6.54 Å². The highest BCUT2D eigenvalue weighted by Gasteiger charge is 2.13. The largest absolute Gasteiger partial charge is 0.316 e. The number of hydrogen-bond acceptors (Lipinski definition) is 2. The maximum atomic E-state index is 12.8. The van der Waals surface area contributed by atoms with E-state index in [-0.39, 0.29) is 5.82 Å². The highest BCUT2D eigenvalue weighted by molar-refractivity contribution is 5.15. The molecule has 17 heavy (non-hydrogen) atoms. The van der Waals surface area contributed by atoms with E-state index < -0.39 is 0 Å². The molecule has 2 nitrogen and oxygen atoms in total. The first-order valence-electron chi connectivity index (χ1n) is 6.41. The molecule has 1 aromatic carbocycles. The number of nitrogens with zero attached hydrogens (tertiary/aromatic N) is 1. The number of hydrogen-bond donors (Lipinski definition) is 1. The number of halogens is 1. The van der Waals surface area contributed by atoms with E-state index in [1.165, 1.54) is 12.0 Å². The molecule has 1 aliphatic rings. The quantitative estimate of drug-likeness (QED) is 0.847. The first-order chi connectivity index (χ1) is 8.24. The van der Waals surface area contributed by atoms with Gasteiger partial charge in [0.15, 0.2) is 0 Å². The van der Waals surface area contributed by atoms with Crippen LogP contribution in [0.25, 0.3) is 0 Å². The van der Waals surface area contributed by atoms with Gasteiger partial charge in [-0.2, -0.15) is 0 Å². The minimum atomic E-state index is -0.154. The van der Waals surface area contributed by atoms with E-state index in [2.05, 4.69) is 17.1 Å². The van der Waals surface area contributed by atoms with Gasteiger partial charge in [-0.15, -0.1) is 0 Å². The van der Waals surface area contributed by atoms with Crippen molar-refractivity contribution >= 4 is 0 Å². The van der Waals surface area contributed by atoms with Gasteiger partial charge in [-0.05, 0) is 49.7 Å². The van der Waals surface area contributed by atoms with Gasteiger partial charge in [0.05, 0.1) is 0 Å². The Morgan fingerprint density at radius 1 is 1.35 bits per heavy atom. The van der Waals surface area contributed by atoms with Crippen molar-refractivity contribution in [3.8, 4) is 0 Å². The molecular formula is C14H21FN2. The fraction of sp³-hybridized carbons (Fsp3) is 0.571. The third kappa shape index (κ3) is 4.10. The molecule has 0 aliphatic carbocycles. The molecule has 0 radical (unpaired) electrons. The van der Waals surface area contributed by atoms with Crippen LogP contribution < -0.4 is 5.32 Å². The first kappa shape index (κ1) is 12.5. The Balaban J connectivity index is 1.93. The van der Waals surface area contributed by atoms with Crippen LogP contribution in [0.5, 0.6) is 0 Å². The van der Waals surface area contributed by atoms with E-state index in [1.54, 1.807) is 12.1 Å². The standard InChI is InChI=1S/C14H21FN2/c1-12-9-16-7-2-8-17(10-12)11-13-3-5-14(15)6-4-13/h3-6,12,16H,2,7-11H2,1H3. The normalized spacial score (nSPS) is 23.1. The predicted molar refractivity (Wildman–Crippen MR) is 68.3 cm³/mol. The van der Waals surface area contributed by atoms with Crippen LogP contribution in [0.1, 0.15) is 18.9 Å². The minimum absolute atomic E-state index is 0.154. The van der Waals surface area contributed by atoms with Crippen molar-refractivity contribution in [1.82, 2.24) is 10.2 Å². The van der Waals surface area contributed by atoms with Crippen molar-refractivity contribution in [2.75, 3.05) is 26.2 Å². The molecule has 94 valence electrons. The molecule has 0 aromatic heterocycles. The van der Waals surface area contributed by atoms with Crippen LogP contribution in [-0.4, -0.2) is 31.1 Å². The van der Waals surface area contributed by atoms with Crippen LogP contribution in [0, 0.1) is 11.7 Å². The molecule has 1 atom stereocenters. The molecule has 1 fully saturated rings. The van der Waals surface area contributed by atoms with Crippen molar-refractivity contribution in [3.63, 3.8) is 0 Å². The Bertz CT molecular complexity index is 337. The van der Waals surface area contributed by atoms with Crippen molar-refractivity contribution in [3.05, 3.63) is 35.6 Å². The Morgan fingerprint density at radius 3 is 2.88 bits per heavy atom. The van der Waals surface area contributed by atoms with Gasteiger partial charge < -0.3 is 5.32 Å². The van der Waals surface area contributed by atoms with Crippen molar-refractivity contribution < 1.29 is 4.39 Å². The zero-order chi connectivity index (χ0) is 12.1. The van der Waals surface area contributed by atoms with Crippen LogP contribution >= 0.6 is 0 Å². The molecule has 0 bridgehead atoms. The summed E-state index contributed by atoms with van der Waals surface area (Å²) < 4.78 is 12.8. The van der Waals surface area contributed by atoms with Crippen molar-refractivity contribution in [2.24, 2.45) is 5.92 Å². The predicted octanol–water partition coefficient (Wildman–Crippen LogP) is 2.26. The zero-order valence-corrected chi connectivity index (χ0v) is 10.5. The summed E-state index contributed by atoms with van der Waals surface area (Å²) in [6.07, 6.45) is 1.19. The van der Waals surface area contributed by atoms with E-state index in [4.69, 9.17) is 0 Å². The number of benzene rings is 1. The molecule has 1 aliphatic heterocycles. The van der Waals surface area contributed by atoms with Crippen molar-refractivity contribution in [2.45, 2.75) is 19.9 Å². The van der Waals surface area contributed by atoms with Gasteiger partial charge in [0, 0.05) is 13.1 Å². The Hall–Kier alpha value is -0.930. The summed E-state index contributed by atoms with van der Waals surface area (Å²) in [6.45, 7) is 7.64. The molecule has 1 heterocycles. The fourth-order valence-electron chi connectivity index (χ4n) is 2.36. The molecule has 0 amide bonds. The summed E-state index contributed by atoms with van der Waals surface area (Å²) in [6, 6.07) is 6.86. The topological polar surface area (TPSA) is 15.3 Å². The van der Waals surface area contributed by atoms with Gasteiger partial charge in [0.2, 0.25) is 0 Å². The van der Waals surface area contributed by atoms with Gasteiger partial charge in [-0.1, -0.05) is 19.1 Å². The monoisotopic (exact) mass is 236 g/mol. The second-order valence-electron chi connectivity index (χ2n) is 5.02. The Kier molecular flexibility index (Phi) is 4.51. The summed E-state index contributed by atoms with van der Waals surface area (Å²) in [5, 5.41) is 3.45. The molecule has 2 rings (SSSR count). The average Bonchev–Trinajstić information content (AvgIpc) is 2.28. The van der Waals surface area contributed by atoms with E-state index in [0.29, 0.717) is 5.92 Å². The Morgan fingerprint density at radius 2 is 2.12 bits per heavy atom. The van der Waals surface area contributed by atoms with Gasteiger partial charge in [-0.3, -0.25) is 4.90 Å². The lowest BCUT2D eigenvalue weighted by Gasteiger charge is -2.28. The molecule has 0 spiro atoms. The van der Waals surface area contributed by atoms with Crippen molar-refractivity contribution in [1.29, 1.82) is 0 Å². The lowest BCUT2D eigenvalue weighted by atomic mass is 10.1. The van der Waals surface area contributed by atoms with E-state index in [1.807, 2.05) is 12.1 Å². The average molecular weight is 236 g/mol. The summed E-state index contributed by atoms with van der Waals surface area (Å²) in [7, 11) is 0. The molecule has 1 saturated heterocycles. The lowest BCUT2D eigenvalue weighted by Crippen LogP contribution is -2.38. The Labute approximate surface area is 103 Å². The molecule has 1 aromatic rings. The molecular weight excluding hydrogens is 215 g/mol. The SMILES string of the molecule is CC1CNCCCN(Cc2ccc(F)cc2)C1. The number of nitrogens with one attached hydrogen (secondary N) is 1. The van der Waals surface area contributed by atoms with E-state index in [0.717, 1.165) is 32.7 Å². The minimum Gasteiger partial charge on any atom is -0.316 e. The molecule has 1 N–H and O–H groups in total. The summed E-state index contributed by atoms with van der Waals surface area (Å²) in [5.74, 6) is 0.523. The van der Waals surface area contributed by atoms with Crippen LogP contribution in [0.4, 0.5) is 4.39 Å². The van der Waals surface area contributed by atoms with Gasteiger partial charge in [-0.25, -0.2) is 4.39 Å². The summed E-state index contributed by atoms with van der Waals surface area (Å²) in [5.41, 5.74) is 1.20. The number of rotatable bonds is 2. The second-order valence-corrected chi connectivity index (χ2v) is 5.02. The first-order valence-corrected chi connectivity index (χ1v) is 6.41. The van der Waals surface area contributed by atoms with E-state index in [9.17, 15) is 4.39 Å². The molecule has 1 unspecified atom stereocenters. The zero-order valence-electron chi connectivity index (χ0n) is 10.5. The van der Waals surface area contributed by atoms with Gasteiger partial charge >= 0.3 is 0 Å². The van der Waals surface area contributed by atoms with E-state index >= 15 is 0 Å². The highest BCUT2D eigenvalue weighted by atomic mass is 19.1. The maximum absolute atomic E-state index is 12.8. The maximum Gasteiger partial charge on any atom is 0.123 e. The van der Waals surface area contributed by atoms with Crippen LogP contribution in [0.3, 0.4) is 0 Å². The lowest BCUT2D eigenvalue weighted by molar-refractivity contribution is 0.209. The molecule has 0 saturated carbocycles. The smallest absolute Gasteiger partial charge is 0.123 e. The second kappa shape index (κ2) is 6.12. The summed E-state index contributed by atoms with van der Waals surface area (Å²) >= 11 is 0. The highest BCUT2D eigenvalue weighted by Crippen LogP contribution is 2.10. The van der Waals surface area contributed by atoms with Crippen LogP contribution in [0.2, 0.25) is 0 Å².